The number of alkyl halides is 2. The predicted molar refractivity (Wildman–Crippen MR) is 57.9 cm³/mol. The first-order valence-corrected chi connectivity index (χ1v) is 5.39. The molecule has 16 heavy (non-hydrogen) atoms. The van der Waals surface area contributed by atoms with Crippen molar-refractivity contribution in [2.24, 2.45) is 0 Å². The molecule has 0 saturated carbocycles. The minimum Gasteiger partial charge on any atom is -0.496 e. The number of nitrogens with one attached hydrogen (secondary N) is 1. The Morgan fingerprint density at radius 1 is 1.38 bits per heavy atom. The number of hydrogen-bond donors (Lipinski definition) is 1. The molecule has 1 saturated heterocycles. The molecule has 1 aliphatic rings. The van der Waals surface area contributed by atoms with Crippen molar-refractivity contribution in [2.45, 2.75) is 24.8 Å². The first-order chi connectivity index (χ1) is 7.65. The summed E-state index contributed by atoms with van der Waals surface area (Å²) in [4.78, 5) is 0. The van der Waals surface area contributed by atoms with Crippen molar-refractivity contribution >= 4 is 0 Å². The van der Waals surface area contributed by atoms with Gasteiger partial charge in [-0.25, -0.2) is 8.78 Å². The van der Waals surface area contributed by atoms with E-state index in [1.54, 1.807) is 24.3 Å². The van der Waals surface area contributed by atoms with E-state index < -0.39 is 12.0 Å². The number of hydrogen-bond acceptors (Lipinski definition) is 2. The first kappa shape index (κ1) is 11.3. The molecule has 1 heterocycles. The van der Waals surface area contributed by atoms with E-state index in [1.807, 2.05) is 0 Å². The maximum atomic E-state index is 13.8. The summed E-state index contributed by atoms with van der Waals surface area (Å²) in [5, 5.41) is 2.87. The standard InChI is InChI=1S/C12H15F2NO/c1-16-10-6-3-2-5-9(10)11-12(13,14)7-4-8-15-11/h2-3,5-6,11,15H,4,7-8H2,1H3. The maximum Gasteiger partial charge on any atom is 0.267 e. The summed E-state index contributed by atoms with van der Waals surface area (Å²) in [7, 11) is 1.50. The topological polar surface area (TPSA) is 21.3 Å². The van der Waals surface area contributed by atoms with E-state index in [0.717, 1.165) is 0 Å². The SMILES string of the molecule is COc1ccccc1C1NCCCC1(F)F. The zero-order valence-electron chi connectivity index (χ0n) is 9.17. The lowest BCUT2D eigenvalue weighted by Crippen LogP contribution is -2.42. The molecular formula is C12H15F2NO. The van der Waals surface area contributed by atoms with Crippen molar-refractivity contribution in [3.8, 4) is 5.75 Å². The second kappa shape index (κ2) is 4.37. The number of para-hydroxylation sites is 1. The van der Waals surface area contributed by atoms with Gasteiger partial charge in [-0.1, -0.05) is 18.2 Å². The van der Waals surface area contributed by atoms with E-state index in [-0.39, 0.29) is 6.42 Å². The van der Waals surface area contributed by atoms with Gasteiger partial charge in [-0.3, -0.25) is 0 Å². The Morgan fingerprint density at radius 2 is 2.12 bits per heavy atom. The molecule has 1 aliphatic heterocycles. The summed E-state index contributed by atoms with van der Waals surface area (Å²) < 4.78 is 32.6. The fourth-order valence-corrected chi connectivity index (χ4v) is 2.11. The third kappa shape index (κ3) is 2.02. The average molecular weight is 227 g/mol. The van der Waals surface area contributed by atoms with Crippen molar-refractivity contribution in [3.63, 3.8) is 0 Å². The molecule has 0 bridgehead atoms. The van der Waals surface area contributed by atoms with Crippen LogP contribution in [0.25, 0.3) is 0 Å². The molecule has 4 heteroatoms. The van der Waals surface area contributed by atoms with Crippen molar-refractivity contribution in [1.29, 1.82) is 0 Å². The van der Waals surface area contributed by atoms with Gasteiger partial charge >= 0.3 is 0 Å². The highest BCUT2D eigenvalue weighted by Gasteiger charge is 2.43. The molecule has 1 unspecified atom stereocenters. The van der Waals surface area contributed by atoms with Crippen LogP contribution in [0.15, 0.2) is 24.3 Å². The van der Waals surface area contributed by atoms with Crippen LogP contribution < -0.4 is 10.1 Å². The van der Waals surface area contributed by atoms with Gasteiger partial charge < -0.3 is 10.1 Å². The molecule has 0 spiro atoms. The Morgan fingerprint density at radius 3 is 2.81 bits per heavy atom. The number of piperidine rings is 1. The molecule has 0 radical (unpaired) electrons. The second-order valence-corrected chi connectivity index (χ2v) is 3.99. The molecule has 0 aromatic heterocycles. The number of halogens is 2. The van der Waals surface area contributed by atoms with Crippen molar-refractivity contribution in [3.05, 3.63) is 29.8 Å². The molecule has 1 atom stereocenters. The Bertz CT molecular complexity index is 368. The first-order valence-electron chi connectivity index (χ1n) is 5.39. The van der Waals surface area contributed by atoms with E-state index in [2.05, 4.69) is 5.32 Å². The van der Waals surface area contributed by atoms with Crippen molar-refractivity contribution in [2.75, 3.05) is 13.7 Å². The lowest BCUT2D eigenvalue weighted by Gasteiger charge is -2.33. The van der Waals surface area contributed by atoms with Gasteiger partial charge in [-0.2, -0.15) is 0 Å². The Hall–Kier alpha value is -1.16. The molecule has 2 nitrogen and oxygen atoms in total. The van der Waals surface area contributed by atoms with Crippen LogP contribution in [0, 0.1) is 0 Å². The zero-order chi connectivity index (χ0) is 11.6. The third-order valence-electron chi connectivity index (χ3n) is 2.91. The summed E-state index contributed by atoms with van der Waals surface area (Å²) in [6.45, 7) is 0.623. The molecule has 1 fully saturated rings. The molecule has 88 valence electrons. The lowest BCUT2D eigenvalue weighted by molar-refractivity contribution is -0.0625. The monoisotopic (exact) mass is 227 g/mol. The van der Waals surface area contributed by atoms with Crippen LogP contribution in [0.5, 0.6) is 5.75 Å². The fraction of sp³-hybridized carbons (Fsp3) is 0.500. The molecule has 1 aromatic rings. The van der Waals surface area contributed by atoms with Crippen LogP contribution in [-0.4, -0.2) is 19.6 Å². The average Bonchev–Trinajstić information content (AvgIpc) is 2.28. The highest BCUT2D eigenvalue weighted by molar-refractivity contribution is 5.37. The molecule has 0 aliphatic carbocycles. The molecule has 2 rings (SSSR count). The van der Waals surface area contributed by atoms with Gasteiger partial charge in [-0.05, 0) is 19.0 Å². The molecule has 1 aromatic carbocycles. The normalized spacial score (nSPS) is 24.1. The molecular weight excluding hydrogens is 212 g/mol. The summed E-state index contributed by atoms with van der Waals surface area (Å²) in [6, 6.07) is 6.00. The Labute approximate surface area is 93.6 Å². The summed E-state index contributed by atoms with van der Waals surface area (Å²) in [5.41, 5.74) is 0.537. The highest BCUT2D eigenvalue weighted by Crippen LogP contribution is 2.40. The van der Waals surface area contributed by atoms with Crippen molar-refractivity contribution < 1.29 is 13.5 Å². The predicted octanol–water partition coefficient (Wildman–Crippen LogP) is 2.76. The van der Waals surface area contributed by atoms with Crippen LogP contribution in [0.3, 0.4) is 0 Å². The fourth-order valence-electron chi connectivity index (χ4n) is 2.11. The minimum absolute atomic E-state index is 0.0668. The molecule has 0 amide bonds. The summed E-state index contributed by atoms with van der Waals surface area (Å²) in [6.07, 6.45) is 0.446. The highest BCUT2D eigenvalue weighted by atomic mass is 19.3. The van der Waals surface area contributed by atoms with Gasteiger partial charge in [-0.15, -0.1) is 0 Å². The van der Waals surface area contributed by atoms with Gasteiger partial charge in [0.25, 0.3) is 5.92 Å². The van der Waals surface area contributed by atoms with Gasteiger partial charge in [0.05, 0.1) is 7.11 Å². The quantitative estimate of drug-likeness (QED) is 0.838. The number of rotatable bonds is 2. The second-order valence-electron chi connectivity index (χ2n) is 3.99. The maximum absolute atomic E-state index is 13.8. The van der Waals surface area contributed by atoms with Crippen LogP contribution in [0.1, 0.15) is 24.4 Å². The molecule has 1 N–H and O–H groups in total. The van der Waals surface area contributed by atoms with Gasteiger partial charge in [0, 0.05) is 12.0 Å². The minimum atomic E-state index is -2.70. The lowest BCUT2D eigenvalue weighted by atomic mass is 9.93. The number of ether oxygens (including phenoxy) is 1. The Balaban J connectivity index is 2.34. The van der Waals surface area contributed by atoms with E-state index in [0.29, 0.717) is 24.3 Å². The van der Waals surface area contributed by atoms with Gasteiger partial charge in [0.15, 0.2) is 0 Å². The van der Waals surface area contributed by atoms with Crippen LogP contribution >= 0.6 is 0 Å². The number of benzene rings is 1. The van der Waals surface area contributed by atoms with Crippen LogP contribution in [0.2, 0.25) is 0 Å². The summed E-state index contributed by atoms with van der Waals surface area (Å²) in [5.74, 6) is -2.19. The number of methoxy groups -OCH3 is 1. The zero-order valence-corrected chi connectivity index (χ0v) is 9.17. The van der Waals surface area contributed by atoms with E-state index in [4.69, 9.17) is 4.74 Å². The van der Waals surface area contributed by atoms with Crippen LogP contribution in [0.4, 0.5) is 8.78 Å². The summed E-state index contributed by atoms with van der Waals surface area (Å²) >= 11 is 0. The Kier molecular flexibility index (Phi) is 3.10. The van der Waals surface area contributed by atoms with Gasteiger partial charge in [0.2, 0.25) is 0 Å². The van der Waals surface area contributed by atoms with E-state index in [9.17, 15) is 8.78 Å². The van der Waals surface area contributed by atoms with E-state index in [1.165, 1.54) is 7.11 Å². The van der Waals surface area contributed by atoms with Crippen LogP contribution in [-0.2, 0) is 0 Å². The smallest absolute Gasteiger partial charge is 0.267 e. The van der Waals surface area contributed by atoms with Crippen molar-refractivity contribution in [1.82, 2.24) is 5.32 Å². The largest absolute Gasteiger partial charge is 0.496 e. The van der Waals surface area contributed by atoms with Gasteiger partial charge in [0.1, 0.15) is 11.8 Å². The third-order valence-corrected chi connectivity index (χ3v) is 2.91. The van der Waals surface area contributed by atoms with E-state index >= 15 is 0 Å².